The normalized spacial score (nSPS) is 11.3. The maximum absolute atomic E-state index is 13.0. The smallest absolute Gasteiger partial charge is 0.261 e. The Morgan fingerprint density at radius 1 is 1.00 bits per heavy atom. The van der Waals surface area contributed by atoms with E-state index in [1.807, 2.05) is 37.3 Å². The highest BCUT2D eigenvalue weighted by Gasteiger charge is 2.28. The largest absolute Gasteiger partial charge is 0.496 e. The zero-order valence-electron chi connectivity index (χ0n) is 17.3. The van der Waals surface area contributed by atoms with E-state index in [0.29, 0.717) is 30.2 Å². The monoisotopic (exact) mass is 400 g/mol. The second-order valence-corrected chi connectivity index (χ2v) is 6.38. The first-order valence-electron chi connectivity index (χ1n) is 9.43. The minimum atomic E-state index is -0.587. The predicted octanol–water partition coefficient (Wildman–Crippen LogP) is 2.64. The summed E-state index contributed by atoms with van der Waals surface area (Å²) >= 11 is 0. The average molecular weight is 400 g/mol. The lowest BCUT2D eigenvalue weighted by atomic mass is 10.1. The minimum Gasteiger partial charge on any atom is -0.496 e. The van der Waals surface area contributed by atoms with Crippen LogP contribution in [0.4, 0.5) is 0 Å². The van der Waals surface area contributed by atoms with Crippen molar-refractivity contribution in [2.45, 2.75) is 25.9 Å². The quantitative estimate of drug-likeness (QED) is 0.663. The molecule has 0 bridgehead atoms. The number of ether oxygens (including phenoxy) is 3. The average Bonchev–Trinajstić information content (AvgIpc) is 2.77. The number of rotatable bonds is 10. The molecule has 0 aliphatic carbocycles. The van der Waals surface area contributed by atoms with E-state index in [4.69, 9.17) is 14.2 Å². The van der Waals surface area contributed by atoms with Crippen LogP contribution in [0.25, 0.3) is 0 Å². The molecule has 0 aliphatic heterocycles. The summed E-state index contributed by atoms with van der Waals surface area (Å²) in [7, 11) is 4.65. The third kappa shape index (κ3) is 6.14. The van der Waals surface area contributed by atoms with Gasteiger partial charge in [-0.1, -0.05) is 37.3 Å². The number of carbonyl (C=O) groups excluding carboxylic acids is 2. The van der Waals surface area contributed by atoms with Crippen LogP contribution in [-0.4, -0.2) is 50.6 Å². The molecule has 0 radical (unpaired) electrons. The van der Waals surface area contributed by atoms with E-state index in [1.54, 1.807) is 44.4 Å². The summed E-state index contributed by atoms with van der Waals surface area (Å²) < 4.78 is 16.1. The second kappa shape index (κ2) is 10.9. The summed E-state index contributed by atoms with van der Waals surface area (Å²) in [4.78, 5) is 26.9. The Kier molecular flexibility index (Phi) is 8.33. The van der Waals surface area contributed by atoms with Crippen molar-refractivity contribution in [3.05, 3.63) is 54.1 Å². The van der Waals surface area contributed by atoms with Gasteiger partial charge in [0.25, 0.3) is 5.91 Å². The molecule has 2 aromatic carbocycles. The lowest BCUT2D eigenvalue weighted by Crippen LogP contribution is -2.49. The summed E-state index contributed by atoms with van der Waals surface area (Å²) in [5.74, 6) is 1.07. The molecule has 29 heavy (non-hydrogen) atoms. The molecule has 0 aliphatic rings. The maximum Gasteiger partial charge on any atom is 0.261 e. The van der Waals surface area contributed by atoms with Gasteiger partial charge in [0.15, 0.2) is 6.61 Å². The Labute approximate surface area is 171 Å². The van der Waals surface area contributed by atoms with E-state index in [9.17, 15) is 9.59 Å². The lowest BCUT2D eigenvalue weighted by Gasteiger charge is -2.30. The molecule has 0 fully saturated rings. The van der Waals surface area contributed by atoms with Gasteiger partial charge in [0.05, 0.1) is 14.2 Å². The van der Waals surface area contributed by atoms with E-state index < -0.39 is 6.04 Å². The van der Waals surface area contributed by atoms with Crippen molar-refractivity contribution in [2.24, 2.45) is 0 Å². The maximum atomic E-state index is 13.0. The van der Waals surface area contributed by atoms with Gasteiger partial charge >= 0.3 is 0 Å². The Hall–Kier alpha value is -3.22. The molecular weight excluding hydrogens is 372 g/mol. The topological polar surface area (TPSA) is 77.1 Å². The van der Waals surface area contributed by atoms with Gasteiger partial charge in [-0.25, -0.2) is 0 Å². The van der Waals surface area contributed by atoms with Gasteiger partial charge in [0.2, 0.25) is 5.91 Å². The Morgan fingerprint density at radius 3 is 2.10 bits per heavy atom. The second-order valence-electron chi connectivity index (χ2n) is 6.38. The van der Waals surface area contributed by atoms with E-state index in [1.165, 1.54) is 0 Å². The van der Waals surface area contributed by atoms with Crippen molar-refractivity contribution in [2.75, 3.05) is 27.9 Å². The number of hydrogen-bond donors (Lipinski definition) is 1. The number of hydrogen-bond acceptors (Lipinski definition) is 5. The molecule has 0 spiro atoms. The molecule has 7 nitrogen and oxygen atoms in total. The van der Waals surface area contributed by atoms with Crippen LogP contribution in [0.3, 0.4) is 0 Å². The molecule has 2 amide bonds. The van der Waals surface area contributed by atoms with Gasteiger partial charge in [-0.15, -0.1) is 0 Å². The Balaban J connectivity index is 2.19. The van der Waals surface area contributed by atoms with Crippen molar-refractivity contribution < 1.29 is 23.8 Å². The van der Waals surface area contributed by atoms with Crippen LogP contribution in [0.1, 0.15) is 18.9 Å². The molecule has 1 atom stereocenters. The SMILES string of the molecule is CC[C@@H](C(=O)NC)N(Cc1ccccc1)C(=O)COc1cc(OC)cc(OC)c1. The van der Waals surface area contributed by atoms with Gasteiger partial charge in [-0.2, -0.15) is 0 Å². The highest BCUT2D eigenvalue weighted by molar-refractivity contribution is 5.88. The predicted molar refractivity (Wildman–Crippen MR) is 110 cm³/mol. The number of carbonyl (C=O) groups is 2. The summed E-state index contributed by atoms with van der Waals surface area (Å²) in [5.41, 5.74) is 0.936. The number of benzene rings is 2. The molecule has 0 unspecified atom stereocenters. The summed E-state index contributed by atoms with van der Waals surface area (Å²) in [5, 5.41) is 2.63. The van der Waals surface area contributed by atoms with Gasteiger partial charge in [-0.3, -0.25) is 9.59 Å². The van der Waals surface area contributed by atoms with Crippen molar-refractivity contribution >= 4 is 11.8 Å². The number of nitrogens with zero attached hydrogens (tertiary/aromatic N) is 1. The summed E-state index contributed by atoms with van der Waals surface area (Å²) in [6.45, 7) is 1.98. The van der Waals surface area contributed by atoms with Gasteiger partial charge in [0, 0.05) is 31.8 Å². The van der Waals surface area contributed by atoms with Crippen LogP contribution in [-0.2, 0) is 16.1 Å². The van der Waals surface area contributed by atoms with Crippen molar-refractivity contribution in [3.63, 3.8) is 0 Å². The molecular formula is C22H28N2O5. The van der Waals surface area contributed by atoms with Gasteiger partial charge < -0.3 is 24.4 Å². The molecule has 0 heterocycles. The van der Waals surface area contributed by atoms with E-state index in [2.05, 4.69) is 5.32 Å². The van der Waals surface area contributed by atoms with Crippen LogP contribution in [0.2, 0.25) is 0 Å². The van der Waals surface area contributed by atoms with Crippen LogP contribution >= 0.6 is 0 Å². The molecule has 1 N–H and O–H groups in total. The molecule has 2 aromatic rings. The molecule has 7 heteroatoms. The first kappa shape index (κ1) is 22.1. The molecule has 2 rings (SSSR count). The molecule has 0 saturated heterocycles. The van der Waals surface area contributed by atoms with Crippen molar-refractivity contribution in [1.29, 1.82) is 0 Å². The van der Waals surface area contributed by atoms with Gasteiger partial charge in [-0.05, 0) is 12.0 Å². The zero-order chi connectivity index (χ0) is 21.2. The lowest BCUT2D eigenvalue weighted by molar-refractivity contribution is -0.142. The van der Waals surface area contributed by atoms with Crippen molar-refractivity contribution in [3.8, 4) is 17.2 Å². The third-order valence-corrected chi connectivity index (χ3v) is 4.52. The number of amides is 2. The molecule has 0 aromatic heterocycles. The number of nitrogens with one attached hydrogen (secondary N) is 1. The summed E-state index contributed by atoms with van der Waals surface area (Å²) in [6, 6.07) is 14.0. The first-order chi connectivity index (χ1) is 14.0. The van der Waals surface area contributed by atoms with Crippen LogP contribution in [0.15, 0.2) is 48.5 Å². The van der Waals surface area contributed by atoms with Crippen LogP contribution in [0, 0.1) is 0 Å². The Morgan fingerprint density at radius 2 is 1.59 bits per heavy atom. The molecule has 156 valence electrons. The van der Waals surface area contributed by atoms with Gasteiger partial charge in [0.1, 0.15) is 23.3 Å². The minimum absolute atomic E-state index is 0.208. The molecule has 0 saturated carbocycles. The third-order valence-electron chi connectivity index (χ3n) is 4.52. The zero-order valence-corrected chi connectivity index (χ0v) is 17.3. The fraction of sp³-hybridized carbons (Fsp3) is 0.364. The fourth-order valence-electron chi connectivity index (χ4n) is 2.96. The summed E-state index contributed by atoms with van der Waals surface area (Å²) in [6.07, 6.45) is 0.491. The van der Waals surface area contributed by atoms with E-state index in [-0.39, 0.29) is 18.4 Å². The Bertz CT molecular complexity index is 788. The highest BCUT2D eigenvalue weighted by atomic mass is 16.5. The highest BCUT2D eigenvalue weighted by Crippen LogP contribution is 2.27. The fourth-order valence-corrected chi connectivity index (χ4v) is 2.96. The van der Waals surface area contributed by atoms with E-state index >= 15 is 0 Å². The van der Waals surface area contributed by atoms with E-state index in [0.717, 1.165) is 5.56 Å². The standard InChI is InChI=1S/C22H28N2O5/c1-5-20(22(26)23-2)24(14-16-9-7-6-8-10-16)21(25)15-29-19-12-17(27-3)11-18(13-19)28-4/h6-13,20H,5,14-15H2,1-4H3,(H,23,26)/t20-/m0/s1. The van der Waals surface area contributed by atoms with Crippen molar-refractivity contribution in [1.82, 2.24) is 10.2 Å². The number of likely N-dealkylation sites (N-methyl/N-ethyl adjacent to an activating group) is 1. The van der Waals surface area contributed by atoms with Crippen LogP contribution < -0.4 is 19.5 Å². The van der Waals surface area contributed by atoms with Crippen LogP contribution in [0.5, 0.6) is 17.2 Å². The first-order valence-corrected chi connectivity index (χ1v) is 9.43. The number of methoxy groups -OCH3 is 2.